The van der Waals surface area contributed by atoms with Crippen molar-refractivity contribution < 1.29 is 9.84 Å². The van der Waals surface area contributed by atoms with Crippen LogP contribution in [-0.4, -0.2) is 37.5 Å². The van der Waals surface area contributed by atoms with Crippen LogP contribution in [0.3, 0.4) is 0 Å². The van der Waals surface area contributed by atoms with E-state index in [-0.39, 0.29) is 28.5 Å². The summed E-state index contributed by atoms with van der Waals surface area (Å²) in [4.78, 5) is 25.8. The smallest absolute Gasteiger partial charge is 0.266 e. The van der Waals surface area contributed by atoms with E-state index < -0.39 is 0 Å². The van der Waals surface area contributed by atoms with E-state index in [0.29, 0.717) is 33.0 Å². The number of ether oxygens (including phenoxy) is 1. The number of rotatable bonds is 6. The molecular formula is C27H21N5O3S. The zero-order valence-corrected chi connectivity index (χ0v) is 20.3. The molecule has 5 aromatic rings. The number of nitriles is 1. The fraction of sp³-hybridized carbons (Fsp3) is 0.111. The highest BCUT2D eigenvalue weighted by Gasteiger charge is 2.19. The number of nitrogens with one attached hydrogen (secondary N) is 1. The zero-order chi connectivity index (χ0) is 25.2. The molecule has 0 radical (unpaired) electrons. The van der Waals surface area contributed by atoms with Gasteiger partial charge in [0.2, 0.25) is 0 Å². The Balaban J connectivity index is 1.61. The van der Waals surface area contributed by atoms with Gasteiger partial charge >= 0.3 is 0 Å². The number of benzene rings is 3. The third-order valence-electron chi connectivity index (χ3n) is 5.68. The molecule has 0 atom stereocenters. The Morgan fingerprint density at radius 1 is 1.11 bits per heavy atom. The predicted octanol–water partition coefficient (Wildman–Crippen LogP) is 5.16. The molecule has 5 rings (SSSR count). The summed E-state index contributed by atoms with van der Waals surface area (Å²) in [5.74, 6) is 0.618. The number of aromatic amines is 1. The number of fused-ring (bicyclic) bond motifs is 2. The number of hydrogen-bond donors (Lipinski definition) is 2. The number of para-hydroxylation sites is 3. The minimum absolute atomic E-state index is 0.00114. The highest BCUT2D eigenvalue weighted by molar-refractivity contribution is 7.99. The topological polar surface area (TPSA) is 117 Å². The summed E-state index contributed by atoms with van der Waals surface area (Å²) in [6.45, 7) is 1.93. The van der Waals surface area contributed by atoms with Crippen molar-refractivity contribution in [3.8, 4) is 17.5 Å². The zero-order valence-electron chi connectivity index (χ0n) is 19.5. The van der Waals surface area contributed by atoms with E-state index in [0.717, 1.165) is 22.8 Å². The monoisotopic (exact) mass is 495 g/mol. The number of allylic oxidation sites excluding steroid dienone is 1. The van der Waals surface area contributed by atoms with E-state index in [9.17, 15) is 15.2 Å². The van der Waals surface area contributed by atoms with Crippen LogP contribution in [-0.2, 0) is 0 Å². The predicted molar refractivity (Wildman–Crippen MR) is 141 cm³/mol. The molecule has 2 aromatic heterocycles. The Labute approximate surface area is 210 Å². The van der Waals surface area contributed by atoms with Crippen molar-refractivity contribution in [1.29, 1.82) is 5.26 Å². The molecule has 9 heteroatoms. The molecule has 0 saturated carbocycles. The summed E-state index contributed by atoms with van der Waals surface area (Å²) in [6.07, 6.45) is 0. The van der Waals surface area contributed by atoms with Crippen molar-refractivity contribution >= 4 is 39.3 Å². The van der Waals surface area contributed by atoms with Crippen LogP contribution in [0.4, 0.5) is 0 Å². The van der Waals surface area contributed by atoms with Crippen LogP contribution >= 0.6 is 11.8 Å². The summed E-state index contributed by atoms with van der Waals surface area (Å²) in [7, 11) is 1.54. The normalized spacial score (nSPS) is 11.9. The van der Waals surface area contributed by atoms with Crippen molar-refractivity contribution in [2.75, 3.05) is 12.9 Å². The number of imidazole rings is 1. The SMILES string of the molecule is COc1ccc(C)cc1-n1c(SCC(O)=C(C#N)c2nc3ccccc3[nH]2)nc2ccccc2c1=O. The number of H-pyrrole nitrogens is 1. The summed E-state index contributed by atoms with van der Waals surface area (Å²) in [5.41, 5.74) is 3.25. The quantitative estimate of drug-likeness (QED) is 0.145. The van der Waals surface area contributed by atoms with Crippen LogP contribution in [0, 0.1) is 18.3 Å². The van der Waals surface area contributed by atoms with Gasteiger partial charge in [-0.3, -0.25) is 9.36 Å². The average Bonchev–Trinajstić information content (AvgIpc) is 3.32. The summed E-state index contributed by atoms with van der Waals surface area (Å²) >= 11 is 1.14. The van der Waals surface area contributed by atoms with Gasteiger partial charge in [-0.2, -0.15) is 5.26 Å². The Kier molecular flexibility index (Phi) is 6.19. The molecule has 0 bridgehead atoms. The minimum Gasteiger partial charge on any atom is -0.510 e. The molecule has 0 amide bonds. The molecule has 2 heterocycles. The number of nitrogens with zero attached hydrogens (tertiary/aromatic N) is 4. The van der Waals surface area contributed by atoms with Crippen LogP contribution in [0.5, 0.6) is 5.75 Å². The van der Waals surface area contributed by atoms with Crippen LogP contribution in [0.15, 0.2) is 82.4 Å². The standard InChI is InChI=1S/C27H21N5O3S/c1-16-11-12-24(35-2)22(13-16)32-26(34)17-7-3-4-8-19(17)31-27(32)36-15-23(33)18(14-28)25-29-20-9-5-6-10-21(20)30-25/h3-13,33H,15H2,1-2H3,(H,29,30). The molecule has 0 aliphatic carbocycles. The molecule has 0 saturated heterocycles. The van der Waals surface area contributed by atoms with E-state index in [1.807, 2.05) is 55.5 Å². The first-order valence-corrected chi connectivity index (χ1v) is 12.1. The first-order valence-electron chi connectivity index (χ1n) is 11.1. The van der Waals surface area contributed by atoms with Crippen LogP contribution < -0.4 is 10.3 Å². The largest absolute Gasteiger partial charge is 0.510 e. The van der Waals surface area contributed by atoms with E-state index in [1.165, 1.54) is 4.57 Å². The molecule has 36 heavy (non-hydrogen) atoms. The van der Waals surface area contributed by atoms with E-state index in [2.05, 4.69) is 9.97 Å². The van der Waals surface area contributed by atoms with Gasteiger partial charge in [-0.05, 0) is 48.9 Å². The fourth-order valence-corrected chi connectivity index (χ4v) is 4.81. The van der Waals surface area contributed by atoms with Gasteiger partial charge in [0.25, 0.3) is 5.56 Å². The van der Waals surface area contributed by atoms with Gasteiger partial charge in [0.1, 0.15) is 23.2 Å². The first-order chi connectivity index (χ1) is 17.5. The summed E-state index contributed by atoms with van der Waals surface area (Å²) in [6, 6.07) is 22.1. The van der Waals surface area contributed by atoms with E-state index >= 15 is 0 Å². The molecule has 0 unspecified atom stereocenters. The average molecular weight is 496 g/mol. The molecular weight excluding hydrogens is 474 g/mol. The third-order valence-corrected chi connectivity index (χ3v) is 6.63. The lowest BCUT2D eigenvalue weighted by Crippen LogP contribution is -2.22. The van der Waals surface area contributed by atoms with Crippen molar-refractivity contribution in [3.05, 3.63) is 94.2 Å². The second-order valence-electron chi connectivity index (χ2n) is 8.05. The van der Waals surface area contributed by atoms with Crippen molar-refractivity contribution in [2.24, 2.45) is 0 Å². The molecule has 8 nitrogen and oxygen atoms in total. The maximum atomic E-state index is 13.6. The maximum absolute atomic E-state index is 13.6. The second-order valence-corrected chi connectivity index (χ2v) is 8.99. The molecule has 2 N–H and O–H groups in total. The number of aryl methyl sites for hydroxylation is 1. The number of thioether (sulfide) groups is 1. The van der Waals surface area contributed by atoms with Crippen molar-refractivity contribution in [3.63, 3.8) is 0 Å². The van der Waals surface area contributed by atoms with Gasteiger partial charge in [-0.25, -0.2) is 9.97 Å². The third kappa shape index (κ3) is 4.19. The lowest BCUT2D eigenvalue weighted by Gasteiger charge is -2.16. The fourth-order valence-electron chi connectivity index (χ4n) is 3.93. The number of aliphatic hydroxyl groups is 1. The summed E-state index contributed by atoms with van der Waals surface area (Å²) < 4.78 is 7.02. The molecule has 3 aromatic carbocycles. The van der Waals surface area contributed by atoms with Gasteiger partial charge in [0.05, 0.1) is 40.5 Å². The first kappa shape index (κ1) is 23.2. The Hall–Kier alpha value is -4.55. The van der Waals surface area contributed by atoms with Crippen LogP contribution in [0.2, 0.25) is 0 Å². The maximum Gasteiger partial charge on any atom is 0.266 e. The van der Waals surface area contributed by atoms with Gasteiger partial charge in [0, 0.05) is 0 Å². The molecule has 0 fully saturated rings. The van der Waals surface area contributed by atoms with E-state index in [4.69, 9.17) is 9.72 Å². The van der Waals surface area contributed by atoms with Crippen molar-refractivity contribution in [2.45, 2.75) is 12.1 Å². The highest BCUT2D eigenvalue weighted by atomic mass is 32.2. The van der Waals surface area contributed by atoms with Gasteiger partial charge in [-0.1, -0.05) is 42.1 Å². The number of aromatic nitrogens is 4. The van der Waals surface area contributed by atoms with Crippen LogP contribution in [0.25, 0.3) is 33.2 Å². The Bertz CT molecular complexity index is 1710. The molecule has 0 spiro atoms. The van der Waals surface area contributed by atoms with Crippen LogP contribution in [0.1, 0.15) is 11.4 Å². The second kappa shape index (κ2) is 9.60. The van der Waals surface area contributed by atoms with Gasteiger partial charge in [-0.15, -0.1) is 0 Å². The van der Waals surface area contributed by atoms with Gasteiger partial charge in [0.15, 0.2) is 11.0 Å². The molecule has 178 valence electrons. The lowest BCUT2D eigenvalue weighted by atomic mass is 10.2. The highest BCUT2D eigenvalue weighted by Crippen LogP contribution is 2.30. The van der Waals surface area contributed by atoms with E-state index in [1.54, 1.807) is 31.4 Å². The Morgan fingerprint density at radius 2 is 1.86 bits per heavy atom. The number of hydrogen-bond acceptors (Lipinski definition) is 7. The minimum atomic E-state index is -0.256. The number of methoxy groups -OCH3 is 1. The van der Waals surface area contributed by atoms with Gasteiger partial charge < -0.3 is 14.8 Å². The lowest BCUT2D eigenvalue weighted by molar-refractivity contribution is 0.411. The summed E-state index contributed by atoms with van der Waals surface area (Å²) in [5, 5.41) is 21.5. The molecule has 0 aliphatic rings. The Morgan fingerprint density at radius 3 is 2.61 bits per heavy atom. The number of aliphatic hydroxyl groups excluding tert-OH is 1. The van der Waals surface area contributed by atoms with Crippen molar-refractivity contribution in [1.82, 2.24) is 19.5 Å². The molecule has 0 aliphatic heterocycles.